The van der Waals surface area contributed by atoms with Crippen LogP contribution in [0.5, 0.6) is 0 Å². The van der Waals surface area contributed by atoms with Gasteiger partial charge in [-0.15, -0.1) is 0 Å². The average molecular weight is 292 g/mol. The number of ether oxygens (including phenoxy) is 1. The standard InChI is InChI=1S/C15H16O6/c16-13(17)9-6-7-11(14(18)19)12(8-9)15(20)21-10-4-2-1-3-5-10/h6-8,10H,1-5H2,(H,16,17)(H,18,19). The van der Waals surface area contributed by atoms with E-state index in [-0.39, 0.29) is 22.8 Å². The van der Waals surface area contributed by atoms with Gasteiger partial charge in [0.15, 0.2) is 0 Å². The summed E-state index contributed by atoms with van der Waals surface area (Å²) in [6.45, 7) is 0. The third kappa shape index (κ3) is 3.59. The number of carboxylic acid groups (broad SMARTS) is 2. The van der Waals surface area contributed by atoms with E-state index in [0.717, 1.165) is 50.3 Å². The van der Waals surface area contributed by atoms with Gasteiger partial charge in [-0.3, -0.25) is 0 Å². The zero-order valence-electron chi connectivity index (χ0n) is 11.4. The molecule has 1 aromatic carbocycles. The maximum Gasteiger partial charge on any atom is 0.339 e. The molecule has 6 nitrogen and oxygen atoms in total. The quantitative estimate of drug-likeness (QED) is 0.827. The predicted octanol–water partition coefficient (Wildman–Crippen LogP) is 2.57. The Morgan fingerprint density at radius 2 is 1.62 bits per heavy atom. The summed E-state index contributed by atoms with van der Waals surface area (Å²) in [4.78, 5) is 34.2. The lowest BCUT2D eigenvalue weighted by atomic mass is 9.97. The number of aromatic carboxylic acids is 2. The molecule has 0 bridgehead atoms. The van der Waals surface area contributed by atoms with Crippen LogP contribution in [-0.4, -0.2) is 34.2 Å². The molecule has 0 radical (unpaired) electrons. The Labute approximate surface area is 121 Å². The Bertz CT molecular complexity index is 572. The molecule has 1 aliphatic carbocycles. The second-order valence-corrected chi connectivity index (χ2v) is 5.04. The fraction of sp³-hybridized carbons (Fsp3) is 0.400. The minimum atomic E-state index is -1.29. The number of esters is 1. The van der Waals surface area contributed by atoms with E-state index in [4.69, 9.17) is 14.9 Å². The van der Waals surface area contributed by atoms with Gasteiger partial charge < -0.3 is 14.9 Å². The Morgan fingerprint density at radius 3 is 2.19 bits per heavy atom. The van der Waals surface area contributed by atoms with E-state index in [1.165, 1.54) is 0 Å². The molecule has 0 aliphatic heterocycles. The van der Waals surface area contributed by atoms with Crippen LogP contribution in [0.25, 0.3) is 0 Å². The molecule has 112 valence electrons. The normalized spacial score (nSPS) is 15.4. The van der Waals surface area contributed by atoms with Crippen LogP contribution in [0.4, 0.5) is 0 Å². The van der Waals surface area contributed by atoms with E-state index in [2.05, 4.69) is 0 Å². The van der Waals surface area contributed by atoms with E-state index >= 15 is 0 Å². The zero-order chi connectivity index (χ0) is 15.4. The molecule has 0 heterocycles. The summed E-state index contributed by atoms with van der Waals surface area (Å²) in [7, 11) is 0. The second kappa shape index (κ2) is 6.39. The Balaban J connectivity index is 2.26. The highest BCUT2D eigenvalue weighted by molar-refractivity contribution is 6.04. The fourth-order valence-electron chi connectivity index (χ4n) is 2.43. The third-order valence-electron chi connectivity index (χ3n) is 3.54. The molecule has 0 saturated heterocycles. The van der Waals surface area contributed by atoms with Gasteiger partial charge in [-0.25, -0.2) is 14.4 Å². The van der Waals surface area contributed by atoms with Crippen LogP contribution < -0.4 is 0 Å². The number of benzene rings is 1. The number of hydrogen-bond donors (Lipinski definition) is 2. The first kappa shape index (κ1) is 15.0. The van der Waals surface area contributed by atoms with Crippen molar-refractivity contribution >= 4 is 17.9 Å². The van der Waals surface area contributed by atoms with Crippen molar-refractivity contribution in [2.24, 2.45) is 0 Å². The van der Waals surface area contributed by atoms with E-state index in [1.807, 2.05) is 0 Å². The highest BCUT2D eigenvalue weighted by Gasteiger charge is 2.24. The van der Waals surface area contributed by atoms with E-state index in [9.17, 15) is 14.4 Å². The number of hydrogen-bond acceptors (Lipinski definition) is 4. The van der Waals surface area contributed by atoms with Crippen LogP contribution in [0.3, 0.4) is 0 Å². The van der Waals surface area contributed by atoms with Crippen molar-refractivity contribution in [2.45, 2.75) is 38.2 Å². The first-order chi connectivity index (χ1) is 9.99. The van der Waals surface area contributed by atoms with Crippen molar-refractivity contribution < 1.29 is 29.3 Å². The van der Waals surface area contributed by atoms with Crippen molar-refractivity contribution in [3.8, 4) is 0 Å². The van der Waals surface area contributed by atoms with Gasteiger partial charge in [0.1, 0.15) is 6.10 Å². The van der Waals surface area contributed by atoms with Crippen LogP contribution in [0.2, 0.25) is 0 Å². The molecule has 1 aromatic rings. The summed E-state index contributed by atoms with van der Waals surface area (Å²) in [6, 6.07) is 3.32. The molecule has 1 fully saturated rings. The monoisotopic (exact) mass is 292 g/mol. The Morgan fingerprint density at radius 1 is 0.952 bits per heavy atom. The second-order valence-electron chi connectivity index (χ2n) is 5.04. The van der Waals surface area contributed by atoms with Crippen LogP contribution >= 0.6 is 0 Å². The largest absolute Gasteiger partial charge is 0.478 e. The minimum absolute atomic E-state index is 0.143. The fourth-order valence-corrected chi connectivity index (χ4v) is 2.43. The molecular formula is C15H16O6. The molecule has 21 heavy (non-hydrogen) atoms. The molecule has 1 aliphatic rings. The smallest absolute Gasteiger partial charge is 0.339 e. The van der Waals surface area contributed by atoms with Crippen molar-refractivity contribution in [1.82, 2.24) is 0 Å². The molecule has 1 saturated carbocycles. The SMILES string of the molecule is O=C(O)c1ccc(C(=O)O)c(C(=O)OC2CCCCC2)c1. The summed E-state index contributed by atoms with van der Waals surface area (Å²) in [5.41, 5.74) is -0.607. The Kier molecular flexibility index (Phi) is 4.57. The molecule has 0 amide bonds. The first-order valence-corrected chi connectivity index (χ1v) is 6.80. The summed E-state index contributed by atoms with van der Waals surface area (Å²) in [6.07, 6.45) is 4.33. The average Bonchev–Trinajstić information content (AvgIpc) is 2.47. The number of rotatable bonds is 4. The third-order valence-corrected chi connectivity index (χ3v) is 3.54. The summed E-state index contributed by atoms with van der Waals surface area (Å²) >= 11 is 0. The van der Waals surface area contributed by atoms with Gasteiger partial charge in [0.05, 0.1) is 16.7 Å². The zero-order valence-corrected chi connectivity index (χ0v) is 11.4. The van der Waals surface area contributed by atoms with E-state index in [0.29, 0.717) is 0 Å². The van der Waals surface area contributed by atoms with Gasteiger partial charge >= 0.3 is 17.9 Å². The molecule has 0 spiro atoms. The van der Waals surface area contributed by atoms with Crippen LogP contribution in [0, 0.1) is 0 Å². The van der Waals surface area contributed by atoms with Crippen LogP contribution in [0.15, 0.2) is 18.2 Å². The summed E-state index contributed by atoms with van der Waals surface area (Å²) in [5, 5.41) is 18.0. The predicted molar refractivity (Wildman–Crippen MR) is 72.6 cm³/mol. The minimum Gasteiger partial charge on any atom is -0.478 e. The highest BCUT2D eigenvalue weighted by Crippen LogP contribution is 2.22. The summed E-state index contributed by atoms with van der Waals surface area (Å²) in [5.74, 6) is -3.29. The van der Waals surface area contributed by atoms with Crippen LogP contribution in [-0.2, 0) is 4.74 Å². The maximum atomic E-state index is 12.1. The van der Waals surface area contributed by atoms with Crippen molar-refractivity contribution in [3.63, 3.8) is 0 Å². The van der Waals surface area contributed by atoms with Crippen molar-refractivity contribution in [1.29, 1.82) is 0 Å². The molecule has 0 atom stereocenters. The highest BCUT2D eigenvalue weighted by atomic mass is 16.5. The molecular weight excluding hydrogens is 276 g/mol. The van der Waals surface area contributed by atoms with E-state index < -0.39 is 17.9 Å². The van der Waals surface area contributed by atoms with E-state index in [1.54, 1.807) is 0 Å². The number of carbonyl (C=O) groups is 3. The summed E-state index contributed by atoms with van der Waals surface area (Å²) < 4.78 is 5.31. The lowest BCUT2D eigenvalue weighted by Crippen LogP contribution is -2.22. The maximum absolute atomic E-state index is 12.1. The first-order valence-electron chi connectivity index (χ1n) is 6.80. The van der Waals surface area contributed by atoms with Gasteiger partial charge in [0.2, 0.25) is 0 Å². The number of carboxylic acids is 2. The van der Waals surface area contributed by atoms with Gasteiger partial charge in [-0.05, 0) is 43.9 Å². The van der Waals surface area contributed by atoms with Gasteiger partial charge in [0.25, 0.3) is 0 Å². The van der Waals surface area contributed by atoms with Gasteiger partial charge in [-0.1, -0.05) is 6.42 Å². The number of carbonyl (C=O) groups excluding carboxylic acids is 1. The molecule has 6 heteroatoms. The topological polar surface area (TPSA) is 101 Å². The molecule has 2 N–H and O–H groups in total. The van der Waals surface area contributed by atoms with Gasteiger partial charge in [-0.2, -0.15) is 0 Å². The molecule has 0 unspecified atom stereocenters. The van der Waals surface area contributed by atoms with Crippen molar-refractivity contribution in [3.05, 3.63) is 34.9 Å². The molecule has 0 aromatic heterocycles. The molecule has 2 rings (SSSR count). The van der Waals surface area contributed by atoms with Crippen LogP contribution in [0.1, 0.15) is 63.2 Å². The Hall–Kier alpha value is -2.37. The lowest BCUT2D eigenvalue weighted by molar-refractivity contribution is 0.0206. The van der Waals surface area contributed by atoms with Crippen molar-refractivity contribution in [2.75, 3.05) is 0 Å². The van der Waals surface area contributed by atoms with Gasteiger partial charge in [0, 0.05) is 0 Å². The lowest BCUT2D eigenvalue weighted by Gasteiger charge is -2.22.